The maximum Gasteiger partial charge on any atom is 0.197 e. The first kappa shape index (κ1) is 18.9. The van der Waals surface area contributed by atoms with E-state index in [1.807, 2.05) is 0 Å². The summed E-state index contributed by atoms with van der Waals surface area (Å²) in [5, 5.41) is 3.52. The van der Waals surface area contributed by atoms with E-state index in [1.54, 1.807) is 60.7 Å². The fourth-order valence-electron chi connectivity index (χ4n) is 2.51. The average molecular weight is 452 g/mol. The van der Waals surface area contributed by atoms with Gasteiger partial charge in [0.05, 0.1) is 0 Å². The Kier molecular flexibility index (Phi) is 5.66. The molecule has 0 bridgehead atoms. The summed E-state index contributed by atoms with van der Waals surface area (Å²) < 4.78 is 42.5. The van der Waals surface area contributed by atoms with Gasteiger partial charge in [-0.25, -0.2) is 8.78 Å². The SMILES string of the molecule is O=P(C(=S)Nc1c(F)cc(Br)cc1F)(c1ccccc1)c1ccccc1. The number of thiocarbonyl (C=S) groups is 1. The van der Waals surface area contributed by atoms with Crippen LogP contribution in [0.3, 0.4) is 0 Å². The summed E-state index contributed by atoms with van der Waals surface area (Å²) in [5.41, 5.74) is -0.426. The molecule has 0 unspecified atom stereocenters. The molecule has 2 nitrogen and oxygen atoms in total. The molecule has 0 amide bonds. The summed E-state index contributed by atoms with van der Waals surface area (Å²) in [6.07, 6.45) is 0. The summed E-state index contributed by atoms with van der Waals surface area (Å²) in [7, 11) is -3.46. The fraction of sp³-hybridized carbons (Fsp3) is 0. The number of hydrogen-bond donors (Lipinski definition) is 1. The third-order valence-corrected chi connectivity index (χ3v) is 7.83. The summed E-state index contributed by atoms with van der Waals surface area (Å²) in [6.45, 7) is 0. The molecule has 0 aliphatic carbocycles. The zero-order chi connectivity index (χ0) is 18.7. The number of nitrogens with one attached hydrogen (secondary N) is 1. The lowest BCUT2D eigenvalue weighted by atomic mass is 10.3. The van der Waals surface area contributed by atoms with Crippen LogP contribution in [0.25, 0.3) is 0 Å². The molecule has 0 aliphatic rings. The van der Waals surface area contributed by atoms with Crippen molar-refractivity contribution < 1.29 is 13.3 Å². The maximum atomic E-state index is 14.2. The number of rotatable bonds is 4. The van der Waals surface area contributed by atoms with E-state index in [-0.39, 0.29) is 9.20 Å². The van der Waals surface area contributed by atoms with Crippen LogP contribution in [-0.2, 0) is 4.57 Å². The smallest absolute Gasteiger partial charge is 0.197 e. The predicted octanol–water partition coefficient (Wildman–Crippen LogP) is 5.44. The molecule has 3 aromatic rings. The second-order valence-corrected chi connectivity index (χ2v) is 9.78. The van der Waals surface area contributed by atoms with Crippen LogP contribution in [0.2, 0.25) is 0 Å². The molecule has 0 aromatic heterocycles. The highest BCUT2D eigenvalue weighted by Gasteiger charge is 2.33. The molecule has 0 atom stereocenters. The van der Waals surface area contributed by atoms with E-state index in [9.17, 15) is 13.3 Å². The zero-order valence-corrected chi connectivity index (χ0v) is 16.6. The van der Waals surface area contributed by atoms with Crippen molar-refractivity contribution in [3.05, 3.63) is 88.9 Å². The minimum Gasteiger partial charge on any atom is -0.338 e. The van der Waals surface area contributed by atoms with E-state index in [0.717, 1.165) is 12.1 Å². The minimum atomic E-state index is -3.46. The molecule has 26 heavy (non-hydrogen) atoms. The summed E-state index contributed by atoms with van der Waals surface area (Å²) >= 11 is 8.40. The average Bonchev–Trinajstić information content (AvgIpc) is 2.65. The lowest BCUT2D eigenvalue weighted by Gasteiger charge is -2.21. The van der Waals surface area contributed by atoms with Crippen molar-refractivity contribution in [2.24, 2.45) is 0 Å². The second-order valence-electron chi connectivity index (χ2n) is 5.45. The molecular formula is C19H13BrF2NOPS. The third-order valence-electron chi connectivity index (χ3n) is 3.76. The number of anilines is 1. The number of benzene rings is 3. The van der Waals surface area contributed by atoms with Crippen LogP contribution in [0, 0.1) is 11.6 Å². The summed E-state index contributed by atoms with van der Waals surface area (Å²) in [5.74, 6) is -1.65. The van der Waals surface area contributed by atoms with E-state index in [4.69, 9.17) is 12.2 Å². The van der Waals surface area contributed by atoms with Crippen LogP contribution in [0.1, 0.15) is 0 Å². The Morgan fingerprint density at radius 3 is 1.73 bits per heavy atom. The van der Waals surface area contributed by atoms with E-state index in [1.165, 1.54) is 0 Å². The van der Waals surface area contributed by atoms with Gasteiger partial charge in [0.25, 0.3) is 0 Å². The molecular weight excluding hydrogens is 439 g/mol. The van der Waals surface area contributed by atoms with Gasteiger partial charge in [-0.15, -0.1) is 0 Å². The Bertz CT molecular complexity index is 932. The monoisotopic (exact) mass is 451 g/mol. The van der Waals surface area contributed by atoms with Gasteiger partial charge < -0.3 is 9.88 Å². The molecule has 0 heterocycles. The standard InChI is InChI=1S/C19H13BrF2NOPS/c20-13-11-16(21)18(17(22)12-13)23-19(26)25(24,14-7-3-1-4-8-14)15-9-5-2-6-10-15/h1-12H,(H,23,26). The minimum absolute atomic E-state index is 0.130. The Morgan fingerprint density at radius 2 is 1.31 bits per heavy atom. The van der Waals surface area contributed by atoms with Crippen molar-refractivity contribution in [1.82, 2.24) is 0 Å². The van der Waals surface area contributed by atoms with Gasteiger partial charge in [0.15, 0.2) is 18.8 Å². The second kappa shape index (κ2) is 7.78. The lowest BCUT2D eigenvalue weighted by molar-refractivity contribution is 0.589. The van der Waals surface area contributed by atoms with Crippen molar-refractivity contribution in [2.75, 3.05) is 5.32 Å². The molecule has 1 N–H and O–H groups in total. The van der Waals surface area contributed by atoms with Gasteiger partial charge >= 0.3 is 0 Å². The van der Waals surface area contributed by atoms with E-state index in [0.29, 0.717) is 10.6 Å². The molecule has 3 rings (SSSR count). The topological polar surface area (TPSA) is 29.1 Å². The number of hydrogen-bond acceptors (Lipinski definition) is 2. The summed E-state index contributed by atoms with van der Waals surface area (Å²) in [4.78, 5) is 0. The van der Waals surface area contributed by atoms with Gasteiger partial charge in [-0.1, -0.05) is 88.8 Å². The Morgan fingerprint density at radius 1 is 0.885 bits per heavy atom. The number of halogens is 3. The molecule has 0 radical (unpaired) electrons. The fourth-order valence-corrected chi connectivity index (χ4v) is 5.86. The highest BCUT2D eigenvalue weighted by atomic mass is 79.9. The molecule has 7 heteroatoms. The van der Waals surface area contributed by atoms with Gasteiger partial charge in [0, 0.05) is 15.1 Å². The van der Waals surface area contributed by atoms with E-state index < -0.39 is 24.5 Å². The van der Waals surface area contributed by atoms with Crippen LogP contribution in [0.15, 0.2) is 77.3 Å². The highest BCUT2D eigenvalue weighted by molar-refractivity contribution is 9.10. The first-order chi connectivity index (χ1) is 12.4. The third kappa shape index (κ3) is 3.63. The Labute approximate surface area is 163 Å². The first-order valence-electron chi connectivity index (χ1n) is 7.60. The van der Waals surface area contributed by atoms with Crippen molar-refractivity contribution >= 4 is 56.3 Å². The Hall–Kier alpha value is -1.88. The Balaban J connectivity index is 2.09. The molecule has 132 valence electrons. The summed E-state index contributed by atoms with van der Waals surface area (Å²) in [6, 6.07) is 19.6. The maximum absolute atomic E-state index is 14.2. The van der Waals surface area contributed by atoms with E-state index >= 15 is 0 Å². The zero-order valence-electron chi connectivity index (χ0n) is 13.3. The van der Waals surface area contributed by atoms with E-state index in [2.05, 4.69) is 21.2 Å². The van der Waals surface area contributed by atoms with Crippen LogP contribution >= 0.6 is 35.3 Å². The molecule has 0 spiro atoms. The molecule has 3 aromatic carbocycles. The first-order valence-corrected chi connectivity index (χ1v) is 10.5. The normalized spacial score (nSPS) is 11.2. The molecule has 0 aliphatic heterocycles. The van der Waals surface area contributed by atoms with Gasteiger partial charge in [0.1, 0.15) is 10.4 Å². The molecule has 0 fully saturated rings. The lowest BCUT2D eigenvalue weighted by Crippen LogP contribution is -2.26. The van der Waals surface area contributed by atoms with Crippen molar-refractivity contribution in [3.63, 3.8) is 0 Å². The largest absolute Gasteiger partial charge is 0.338 e. The van der Waals surface area contributed by atoms with Crippen LogP contribution in [-0.4, -0.2) is 4.73 Å². The van der Waals surface area contributed by atoms with Gasteiger partial charge in [-0.3, -0.25) is 0 Å². The quantitative estimate of drug-likeness (QED) is 0.423. The van der Waals surface area contributed by atoms with Crippen LogP contribution in [0.5, 0.6) is 0 Å². The predicted molar refractivity (Wildman–Crippen MR) is 110 cm³/mol. The molecule has 0 saturated carbocycles. The van der Waals surface area contributed by atoms with Crippen molar-refractivity contribution in [3.8, 4) is 0 Å². The van der Waals surface area contributed by atoms with Gasteiger partial charge in [0.2, 0.25) is 0 Å². The molecule has 0 saturated heterocycles. The van der Waals surface area contributed by atoms with Crippen LogP contribution < -0.4 is 15.9 Å². The van der Waals surface area contributed by atoms with Crippen molar-refractivity contribution in [2.45, 2.75) is 0 Å². The van der Waals surface area contributed by atoms with Gasteiger partial charge in [-0.2, -0.15) is 0 Å². The van der Waals surface area contributed by atoms with Gasteiger partial charge in [-0.05, 0) is 12.1 Å². The van der Waals surface area contributed by atoms with Crippen molar-refractivity contribution in [1.29, 1.82) is 0 Å². The highest BCUT2D eigenvalue weighted by Crippen LogP contribution is 2.45. The van der Waals surface area contributed by atoms with Crippen LogP contribution in [0.4, 0.5) is 14.5 Å².